The van der Waals surface area contributed by atoms with Crippen LogP contribution < -0.4 is 5.32 Å². The molecular weight excluding hydrogens is 349 g/mol. The van der Waals surface area contributed by atoms with E-state index in [2.05, 4.69) is 15.3 Å². The van der Waals surface area contributed by atoms with Gasteiger partial charge < -0.3 is 10.1 Å². The molecule has 2 aromatic rings. The van der Waals surface area contributed by atoms with Gasteiger partial charge in [0.25, 0.3) is 0 Å². The van der Waals surface area contributed by atoms with Gasteiger partial charge in [0.15, 0.2) is 0 Å². The highest BCUT2D eigenvalue weighted by Crippen LogP contribution is 2.48. The summed E-state index contributed by atoms with van der Waals surface area (Å²) in [5.41, 5.74) is 0.819. The summed E-state index contributed by atoms with van der Waals surface area (Å²) in [4.78, 5) is 20.1. The molecule has 24 heavy (non-hydrogen) atoms. The van der Waals surface area contributed by atoms with E-state index >= 15 is 0 Å². The molecule has 3 rings (SSSR count). The summed E-state index contributed by atoms with van der Waals surface area (Å²) >= 11 is 12.7. The molecule has 1 heterocycles. The highest BCUT2D eigenvalue weighted by atomic mass is 35.5. The molecule has 1 aromatic heterocycles. The van der Waals surface area contributed by atoms with E-state index in [4.69, 9.17) is 27.9 Å². The largest absolute Gasteiger partial charge is 0.462 e. The van der Waals surface area contributed by atoms with E-state index in [0.717, 1.165) is 24.8 Å². The normalized spacial score (nSPS) is 15.5. The first-order valence-corrected chi connectivity index (χ1v) is 8.53. The van der Waals surface area contributed by atoms with Crippen molar-refractivity contribution in [2.45, 2.75) is 31.7 Å². The first kappa shape index (κ1) is 17.0. The molecule has 1 aliphatic rings. The van der Waals surface area contributed by atoms with E-state index in [1.807, 2.05) is 18.2 Å². The third kappa shape index (κ3) is 3.19. The Labute approximate surface area is 150 Å². The van der Waals surface area contributed by atoms with Gasteiger partial charge in [0.1, 0.15) is 0 Å². The van der Waals surface area contributed by atoms with E-state index in [1.165, 1.54) is 12.4 Å². The summed E-state index contributed by atoms with van der Waals surface area (Å²) in [6.45, 7) is 2.06. The summed E-state index contributed by atoms with van der Waals surface area (Å²) in [6.07, 6.45) is 5.75. The Morgan fingerprint density at radius 1 is 1.25 bits per heavy atom. The highest BCUT2D eigenvalue weighted by Gasteiger charge is 2.42. The van der Waals surface area contributed by atoms with Gasteiger partial charge in [0, 0.05) is 28.0 Å². The number of anilines is 1. The molecule has 7 heteroatoms. The predicted octanol–water partition coefficient (Wildman–Crippen LogP) is 4.45. The van der Waals surface area contributed by atoms with E-state index in [1.54, 1.807) is 6.92 Å². The number of esters is 1. The lowest BCUT2D eigenvalue weighted by Gasteiger charge is -2.44. The second-order valence-electron chi connectivity index (χ2n) is 5.67. The lowest BCUT2D eigenvalue weighted by Crippen LogP contribution is -2.43. The van der Waals surface area contributed by atoms with Gasteiger partial charge in [0.2, 0.25) is 5.95 Å². The zero-order chi connectivity index (χ0) is 17.2. The fraction of sp³-hybridized carbons (Fsp3) is 0.353. The van der Waals surface area contributed by atoms with E-state index in [9.17, 15) is 4.79 Å². The molecule has 0 saturated heterocycles. The van der Waals surface area contributed by atoms with Gasteiger partial charge in [-0.2, -0.15) is 0 Å². The van der Waals surface area contributed by atoms with Crippen LogP contribution in [-0.2, 0) is 10.3 Å². The summed E-state index contributed by atoms with van der Waals surface area (Å²) in [5.74, 6) is -0.00436. The average molecular weight is 366 g/mol. The molecule has 5 nitrogen and oxygen atoms in total. The van der Waals surface area contributed by atoms with Crippen molar-refractivity contribution < 1.29 is 9.53 Å². The monoisotopic (exact) mass is 365 g/mol. The van der Waals surface area contributed by atoms with Crippen LogP contribution in [0.4, 0.5) is 5.95 Å². The van der Waals surface area contributed by atoms with Crippen molar-refractivity contribution in [3.63, 3.8) is 0 Å². The van der Waals surface area contributed by atoms with Crippen molar-refractivity contribution in [2.75, 3.05) is 11.9 Å². The molecule has 0 radical (unpaired) electrons. The van der Waals surface area contributed by atoms with Crippen LogP contribution in [0.15, 0.2) is 30.6 Å². The molecule has 1 saturated carbocycles. The SMILES string of the molecule is CCOC(=O)c1cnc(NC2(c3c(Cl)cccc3Cl)CCC2)nc1. The lowest BCUT2D eigenvalue weighted by atomic mass is 9.72. The number of ether oxygens (including phenoxy) is 1. The second-order valence-corrected chi connectivity index (χ2v) is 6.49. The number of nitrogens with zero attached hydrogens (tertiary/aromatic N) is 2. The summed E-state index contributed by atoms with van der Waals surface area (Å²) in [5, 5.41) is 4.59. The van der Waals surface area contributed by atoms with Crippen molar-refractivity contribution in [3.8, 4) is 0 Å². The second kappa shape index (κ2) is 6.95. The third-order valence-corrected chi connectivity index (χ3v) is 4.79. The van der Waals surface area contributed by atoms with Crippen molar-refractivity contribution in [1.29, 1.82) is 0 Å². The molecule has 0 bridgehead atoms. The first-order valence-electron chi connectivity index (χ1n) is 7.77. The highest BCUT2D eigenvalue weighted by molar-refractivity contribution is 6.36. The number of aromatic nitrogens is 2. The van der Waals surface area contributed by atoms with Crippen LogP contribution in [-0.4, -0.2) is 22.5 Å². The maximum Gasteiger partial charge on any atom is 0.341 e. The number of rotatable bonds is 5. The topological polar surface area (TPSA) is 64.1 Å². The van der Waals surface area contributed by atoms with Crippen LogP contribution in [0.25, 0.3) is 0 Å². The van der Waals surface area contributed by atoms with Gasteiger partial charge in [0.05, 0.1) is 17.7 Å². The smallest absolute Gasteiger partial charge is 0.341 e. The van der Waals surface area contributed by atoms with Crippen LogP contribution >= 0.6 is 23.2 Å². The Hall–Kier alpha value is -1.85. The van der Waals surface area contributed by atoms with Gasteiger partial charge in [-0.05, 0) is 38.3 Å². The minimum Gasteiger partial charge on any atom is -0.462 e. The number of nitrogens with one attached hydrogen (secondary N) is 1. The fourth-order valence-corrected chi connectivity index (χ4v) is 3.61. The molecule has 1 fully saturated rings. The Bertz CT molecular complexity index is 726. The van der Waals surface area contributed by atoms with Gasteiger partial charge >= 0.3 is 5.97 Å². The molecule has 1 aliphatic carbocycles. The van der Waals surface area contributed by atoms with E-state index in [0.29, 0.717) is 28.2 Å². The Morgan fingerprint density at radius 3 is 2.38 bits per heavy atom. The van der Waals surface area contributed by atoms with Crippen LogP contribution in [0.5, 0.6) is 0 Å². The lowest BCUT2D eigenvalue weighted by molar-refractivity contribution is 0.0525. The van der Waals surface area contributed by atoms with Crippen LogP contribution in [0.1, 0.15) is 42.1 Å². The molecule has 0 unspecified atom stereocenters. The number of carbonyl (C=O) groups excluding carboxylic acids is 1. The third-order valence-electron chi connectivity index (χ3n) is 4.16. The summed E-state index contributed by atoms with van der Waals surface area (Å²) in [7, 11) is 0. The number of benzene rings is 1. The quantitative estimate of drug-likeness (QED) is 0.792. The minimum atomic E-state index is -0.434. The molecule has 1 aromatic carbocycles. The zero-order valence-corrected chi connectivity index (χ0v) is 14.7. The van der Waals surface area contributed by atoms with Crippen LogP contribution in [0.2, 0.25) is 10.0 Å². The number of carbonyl (C=O) groups is 1. The maximum atomic E-state index is 11.7. The Morgan fingerprint density at radius 2 is 1.88 bits per heavy atom. The van der Waals surface area contributed by atoms with Gasteiger partial charge in [-0.15, -0.1) is 0 Å². The molecule has 0 amide bonds. The molecule has 1 N–H and O–H groups in total. The van der Waals surface area contributed by atoms with Gasteiger partial charge in [-0.25, -0.2) is 14.8 Å². The fourth-order valence-electron chi connectivity index (χ4n) is 2.85. The molecule has 0 spiro atoms. The number of hydrogen-bond acceptors (Lipinski definition) is 5. The molecule has 126 valence electrons. The van der Waals surface area contributed by atoms with Crippen molar-refractivity contribution in [3.05, 3.63) is 51.8 Å². The standard InChI is InChI=1S/C17H17Cl2N3O2/c1-2-24-15(23)11-9-20-16(21-10-11)22-17(7-4-8-17)14-12(18)5-3-6-13(14)19/h3,5-6,9-10H,2,4,7-8H2,1H3,(H,20,21,22). The zero-order valence-electron chi connectivity index (χ0n) is 13.2. The molecule has 0 aliphatic heterocycles. The maximum absolute atomic E-state index is 11.7. The Kier molecular flexibility index (Phi) is 4.92. The van der Waals surface area contributed by atoms with E-state index < -0.39 is 5.97 Å². The minimum absolute atomic E-state index is 0.312. The number of hydrogen-bond donors (Lipinski definition) is 1. The van der Waals surface area contributed by atoms with Crippen LogP contribution in [0, 0.1) is 0 Å². The van der Waals surface area contributed by atoms with Crippen molar-refractivity contribution in [1.82, 2.24) is 9.97 Å². The van der Waals surface area contributed by atoms with Gasteiger partial charge in [-0.3, -0.25) is 0 Å². The number of halogens is 2. The average Bonchev–Trinajstić information content (AvgIpc) is 2.53. The molecular formula is C17H17Cl2N3O2. The molecule has 0 atom stereocenters. The van der Waals surface area contributed by atoms with E-state index in [-0.39, 0.29) is 5.54 Å². The van der Waals surface area contributed by atoms with Crippen molar-refractivity contribution >= 4 is 35.1 Å². The predicted molar refractivity (Wildman–Crippen MR) is 93.6 cm³/mol. The van der Waals surface area contributed by atoms with Crippen molar-refractivity contribution in [2.24, 2.45) is 0 Å². The Balaban J connectivity index is 1.85. The summed E-state index contributed by atoms with van der Waals surface area (Å²) < 4.78 is 4.93. The van der Waals surface area contributed by atoms with Gasteiger partial charge in [-0.1, -0.05) is 29.3 Å². The summed E-state index contributed by atoms with van der Waals surface area (Å²) in [6, 6.07) is 5.48. The van der Waals surface area contributed by atoms with Crippen LogP contribution in [0.3, 0.4) is 0 Å². The first-order chi connectivity index (χ1) is 11.6.